The van der Waals surface area contributed by atoms with Crippen LogP contribution in [0.4, 0.5) is 11.4 Å². The van der Waals surface area contributed by atoms with Gasteiger partial charge in [-0.3, -0.25) is 4.79 Å². The van der Waals surface area contributed by atoms with E-state index in [1.54, 1.807) is 17.0 Å². The lowest BCUT2D eigenvalue weighted by molar-refractivity contribution is -0.163. The number of esters is 1. The van der Waals surface area contributed by atoms with Crippen molar-refractivity contribution in [2.75, 3.05) is 11.4 Å². The molecule has 0 heterocycles. The normalized spacial score (nSPS) is 14.3. The molecule has 0 radical (unpaired) electrons. The number of anilines is 2. The molecule has 6 rings (SSSR count). The van der Waals surface area contributed by atoms with Crippen molar-refractivity contribution in [3.63, 3.8) is 0 Å². The number of fused-ring (bicyclic) bond motifs is 3. The van der Waals surface area contributed by atoms with Crippen molar-refractivity contribution in [1.29, 1.82) is 0 Å². The van der Waals surface area contributed by atoms with Crippen molar-refractivity contribution in [3.05, 3.63) is 156 Å². The second-order valence-corrected chi connectivity index (χ2v) is 11.9. The fourth-order valence-corrected chi connectivity index (χ4v) is 7.04. The van der Waals surface area contributed by atoms with Gasteiger partial charge in [0.15, 0.2) is 5.54 Å². The SMILES string of the molecule is CC(CCN)C(C(=O)OCc1cccc2c1Cc1ccccc1-2)[C@](C(=O)O)(c1ccccc1)N(c1ccccc1)c1ccccc1. The molecule has 0 spiro atoms. The van der Waals surface area contributed by atoms with E-state index in [0.29, 0.717) is 23.4 Å². The third kappa shape index (κ3) is 5.57. The molecule has 2 unspecified atom stereocenters. The van der Waals surface area contributed by atoms with E-state index < -0.39 is 29.3 Å². The van der Waals surface area contributed by atoms with Crippen molar-refractivity contribution in [3.8, 4) is 11.1 Å². The topological polar surface area (TPSA) is 92.9 Å². The molecular weight excluding hydrogens is 572 g/mol. The first kappa shape index (κ1) is 30.8. The van der Waals surface area contributed by atoms with Crippen LogP contribution in [0.15, 0.2) is 133 Å². The van der Waals surface area contributed by atoms with Crippen molar-refractivity contribution in [2.45, 2.75) is 31.9 Å². The first-order valence-electron chi connectivity index (χ1n) is 15.7. The number of hydrogen-bond donors (Lipinski definition) is 2. The number of carbonyl (C=O) groups excluding carboxylic acids is 1. The molecule has 6 heteroatoms. The van der Waals surface area contributed by atoms with E-state index in [1.165, 1.54) is 11.1 Å². The molecule has 0 bridgehead atoms. The zero-order valence-electron chi connectivity index (χ0n) is 25.9. The standard InChI is InChI=1S/C40H38N2O4/c1-28(24-25-41)37(38(43)46-27-30-15-13-23-35-34-22-12-11-14-29(34)26-36(30)35)40(39(44)45,31-16-5-2-6-17-31)42(32-18-7-3-8-19-32)33-20-9-4-10-21-33/h2-23,28,37H,24-27,41H2,1H3,(H,44,45)/t28?,37?,40-/m0/s1. The van der Waals surface area contributed by atoms with Gasteiger partial charge in [-0.1, -0.05) is 116 Å². The van der Waals surface area contributed by atoms with Crippen LogP contribution < -0.4 is 10.6 Å². The molecule has 5 aromatic carbocycles. The molecule has 1 aliphatic rings. The van der Waals surface area contributed by atoms with Crippen molar-refractivity contribution < 1.29 is 19.4 Å². The summed E-state index contributed by atoms with van der Waals surface area (Å²) < 4.78 is 6.21. The Bertz CT molecular complexity index is 1770. The summed E-state index contributed by atoms with van der Waals surface area (Å²) in [6, 6.07) is 42.1. The van der Waals surface area contributed by atoms with Gasteiger partial charge in [-0.05, 0) is 83.0 Å². The number of carboxylic acids is 1. The maximum atomic E-state index is 14.7. The number of rotatable bonds is 12. The van der Waals surface area contributed by atoms with E-state index in [1.807, 2.05) is 110 Å². The average Bonchev–Trinajstić information content (AvgIpc) is 3.48. The predicted octanol–water partition coefficient (Wildman–Crippen LogP) is 7.72. The molecule has 0 fully saturated rings. The van der Waals surface area contributed by atoms with E-state index >= 15 is 0 Å². The van der Waals surface area contributed by atoms with E-state index in [9.17, 15) is 14.7 Å². The number of nitrogens with zero attached hydrogens (tertiary/aromatic N) is 1. The summed E-state index contributed by atoms with van der Waals surface area (Å²) in [6.45, 7) is 2.21. The summed E-state index contributed by atoms with van der Waals surface area (Å²) in [5, 5.41) is 11.5. The fraction of sp³-hybridized carbons (Fsp3) is 0.200. The van der Waals surface area contributed by atoms with Gasteiger partial charge in [0.05, 0.1) is 5.92 Å². The zero-order chi connectivity index (χ0) is 32.1. The zero-order valence-corrected chi connectivity index (χ0v) is 25.9. The molecule has 46 heavy (non-hydrogen) atoms. The predicted molar refractivity (Wildman–Crippen MR) is 182 cm³/mol. The van der Waals surface area contributed by atoms with Crippen LogP contribution in [0.1, 0.15) is 35.6 Å². The van der Waals surface area contributed by atoms with E-state index in [-0.39, 0.29) is 13.2 Å². The molecule has 232 valence electrons. The van der Waals surface area contributed by atoms with E-state index in [2.05, 4.69) is 18.2 Å². The maximum Gasteiger partial charge on any atom is 0.335 e. The van der Waals surface area contributed by atoms with Crippen molar-refractivity contribution in [1.82, 2.24) is 0 Å². The smallest absolute Gasteiger partial charge is 0.335 e. The molecular formula is C40H38N2O4. The number of aliphatic carboxylic acids is 1. The number of carboxylic acid groups (broad SMARTS) is 1. The van der Waals surface area contributed by atoms with Gasteiger partial charge < -0.3 is 20.5 Å². The summed E-state index contributed by atoms with van der Waals surface area (Å²) in [4.78, 5) is 30.6. The van der Waals surface area contributed by atoms with Crippen molar-refractivity contribution in [2.24, 2.45) is 17.6 Å². The summed E-state index contributed by atoms with van der Waals surface area (Å²) in [7, 11) is 0. The fourth-order valence-electron chi connectivity index (χ4n) is 7.04. The van der Waals surface area contributed by atoms with E-state index in [0.717, 1.165) is 23.1 Å². The Morgan fingerprint density at radius 2 is 1.35 bits per heavy atom. The molecule has 0 amide bonds. The second kappa shape index (κ2) is 13.4. The lowest BCUT2D eigenvalue weighted by Gasteiger charge is -2.48. The van der Waals surface area contributed by atoms with E-state index in [4.69, 9.17) is 10.5 Å². The summed E-state index contributed by atoms with van der Waals surface area (Å²) >= 11 is 0. The van der Waals surface area contributed by atoms with Gasteiger partial charge in [0.1, 0.15) is 6.61 Å². The third-order valence-electron chi connectivity index (χ3n) is 9.13. The molecule has 0 aromatic heterocycles. The number of benzene rings is 5. The Morgan fingerprint density at radius 3 is 1.96 bits per heavy atom. The van der Waals surface area contributed by atoms with Crippen LogP contribution in [-0.2, 0) is 32.9 Å². The highest BCUT2D eigenvalue weighted by molar-refractivity contribution is 5.95. The van der Waals surface area contributed by atoms with Crippen molar-refractivity contribution >= 4 is 23.3 Å². The first-order chi connectivity index (χ1) is 22.5. The van der Waals surface area contributed by atoms with Crippen LogP contribution >= 0.6 is 0 Å². The molecule has 0 saturated heterocycles. The molecule has 3 N–H and O–H groups in total. The van der Waals surface area contributed by atoms with Crippen LogP contribution in [0.3, 0.4) is 0 Å². The highest BCUT2D eigenvalue weighted by atomic mass is 16.5. The van der Waals surface area contributed by atoms with Crippen LogP contribution in [0.5, 0.6) is 0 Å². The Balaban J connectivity index is 1.49. The largest absolute Gasteiger partial charge is 0.479 e. The lowest BCUT2D eigenvalue weighted by Crippen LogP contribution is -2.59. The monoisotopic (exact) mass is 610 g/mol. The van der Waals surface area contributed by atoms with Crippen LogP contribution in [0, 0.1) is 11.8 Å². The number of hydrogen-bond acceptors (Lipinski definition) is 5. The van der Waals surface area contributed by atoms with Gasteiger partial charge in [-0.15, -0.1) is 0 Å². The molecule has 0 saturated carbocycles. The maximum absolute atomic E-state index is 14.7. The quantitative estimate of drug-likeness (QED) is 0.138. The minimum Gasteiger partial charge on any atom is -0.479 e. The van der Waals surface area contributed by atoms with Gasteiger partial charge in [0, 0.05) is 11.4 Å². The minimum absolute atomic E-state index is 0.0308. The number of nitrogens with two attached hydrogens (primary N) is 1. The Labute approximate surface area is 270 Å². The molecule has 0 aliphatic heterocycles. The number of para-hydroxylation sites is 2. The van der Waals surface area contributed by atoms with Crippen LogP contribution in [0.25, 0.3) is 11.1 Å². The Kier molecular flexibility index (Phi) is 8.99. The lowest BCUT2D eigenvalue weighted by atomic mass is 9.69. The highest BCUT2D eigenvalue weighted by Crippen LogP contribution is 2.48. The molecule has 3 atom stereocenters. The number of carbonyl (C=O) groups is 2. The van der Waals surface area contributed by atoms with Gasteiger partial charge in [0.25, 0.3) is 0 Å². The van der Waals surface area contributed by atoms with Crippen LogP contribution in [-0.4, -0.2) is 23.6 Å². The van der Waals surface area contributed by atoms with Gasteiger partial charge in [0.2, 0.25) is 0 Å². The second-order valence-electron chi connectivity index (χ2n) is 11.9. The van der Waals surface area contributed by atoms with Crippen LogP contribution in [0.2, 0.25) is 0 Å². The Hall–Kier alpha value is -5.20. The molecule has 6 nitrogen and oxygen atoms in total. The van der Waals surface area contributed by atoms with Gasteiger partial charge in [-0.25, -0.2) is 4.79 Å². The third-order valence-corrected chi connectivity index (χ3v) is 9.13. The Morgan fingerprint density at radius 1 is 0.783 bits per heavy atom. The van der Waals surface area contributed by atoms with Gasteiger partial charge in [-0.2, -0.15) is 0 Å². The molecule has 1 aliphatic carbocycles. The summed E-state index contributed by atoms with van der Waals surface area (Å²) in [5.41, 5.74) is 11.5. The summed E-state index contributed by atoms with van der Waals surface area (Å²) in [6.07, 6.45) is 1.18. The summed E-state index contributed by atoms with van der Waals surface area (Å²) in [5.74, 6) is -3.33. The average molecular weight is 611 g/mol. The van der Waals surface area contributed by atoms with Gasteiger partial charge >= 0.3 is 11.9 Å². The first-order valence-corrected chi connectivity index (χ1v) is 15.7. The highest BCUT2D eigenvalue weighted by Gasteiger charge is 2.58. The number of ether oxygens (including phenoxy) is 1. The minimum atomic E-state index is -1.88. The molecule has 5 aromatic rings.